The molecule has 0 aromatic carbocycles. The Morgan fingerprint density at radius 1 is 1.40 bits per heavy atom. The van der Waals surface area contributed by atoms with Crippen LogP contribution in [0.5, 0.6) is 0 Å². The van der Waals surface area contributed by atoms with Crippen molar-refractivity contribution in [3.05, 3.63) is 41.2 Å². The Morgan fingerprint density at radius 3 is 3.00 bits per heavy atom. The lowest BCUT2D eigenvalue weighted by Crippen LogP contribution is -2.37. The quantitative estimate of drug-likeness (QED) is 0.700. The van der Waals surface area contributed by atoms with Gasteiger partial charge in [0.15, 0.2) is 5.13 Å². The summed E-state index contributed by atoms with van der Waals surface area (Å²) < 4.78 is 0. The summed E-state index contributed by atoms with van der Waals surface area (Å²) in [4.78, 5) is 43.3. The summed E-state index contributed by atoms with van der Waals surface area (Å²) in [5.41, 5.74) is 1.50. The summed E-state index contributed by atoms with van der Waals surface area (Å²) in [6.45, 7) is 0.405. The largest absolute Gasteiger partial charge is 0.352 e. The number of rotatable bonds is 6. The predicted molar refractivity (Wildman–Crippen MR) is 91.7 cm³/mol. The number of amides is 3. The van der Waals surface area contributed by atoms with Crippen molar-refractivity contribution < 1.29 is 14.4 Å². The van der Waals surface area contributed by atoms with Gasteiger partial charge in [-0.1, -0.05) is 6.07 Å². The molecule has 25 heavy (non-hydrogen) atoms. The summed E-state index contributed by atoms with van der Waals surface area (Å²) in [5, 5.41) is 10.2. The number of aromatic nitrogens is 2. The lowest BCUT2D eigenvalue weighted by atomic mass is 10.2. The Morgan fingerprint density at radius 2 is 2.28 bits per heavy atom. The SMILES string of the molecule is O=C(Cc1csc(NC(=O)C2CCC(=O)N2)n1)NCc1cccnc1. The number of nitrogens with one attached hydrogen (secondary N) is 3. The number of hydrogen-bond donors (Lipinski definition) is 3. The molecule has 3 N–H and O–H groups in total. The zero-order chi connectivity index (χ0) is 17.6. The highest BCUT2D eigenvalue weighted by atomic mass is 32.1. The first-order valence-electron chi connectivity index (χ1n) is 7.80. The van der Waals surface area contributed by atoms with E-state index in [0.717, 1.165) is 5.56 Å². The Hall–Kier alpha value is -2.81. The van der Waals surface area contributed by atoms with Crippen LogP contribution in [0.25, 0.3) is 0 Å². The molecule has 3 amide bonds. The maximum absolute atomic E-state index is 12.0. The predicted octanol–water partition coefficient (Wildman–Crippen LogP) is 0.614. The van der Waals surface area contributed by atoms with Gasteiger partial charge in [-0.25, -0.2) is 4.98 Å². The number of nitrogens with zero attached hydrogens (tertiary/aromatic N) is 2. The Balaban J connectivity index is 1.47. The van der Waals surface area contributed by atoms with E-state index in [1.807, 2.05) is 12.1 Å². The molecule has 1 saturated heterocycles. The zero-order valence-electron chi connectivity index (χ0n) is 13.3. The number of carbonyl (C=O) groups is 3. The third-order valence-corrected chi connectivity index (χ3v) is 4.45. The van der Waals surface area contributed by atoms with Crippen LogP contribution in [-0.4, -0.2) is 33.7 Å². The first-order valence-corrected chi connectivity index (χ1v) is 8.68. The molecule has 3 heterocycles. The highest BCUT2D eigenvalue weighted by molar-refractivity contribution is 7.13. The van der Waals surface area contributed by atoms with Crippen molar-refractivity contribution in [2.75, 3.05) is 5.32 Å². The lowest BCUT2D eigenvalue weighted by molar-refractivity contribution is -0.122. The monoisotopic (exact) mass is 359 g/mol. The van der Waals surface area contributed by atoms with Gasteiger partial charge in [0.25, 0.3) is 0 Å². The van der Waals surface area contributed by atoms with E-state index in [-0.39, 0.29) is 24.1 Å². The normalized spacial score (nSPS) is 16.3. The van der Waals surface area contributed by atoms with Crippen LogP contribution in [0.1, 0.15) is 24.1 Å². The van der Waals surface area contributed by atoms with E-state index in [0.29, 0.717) is 30.2 Å². The minimum absolute atomic E-state index is 0.120. The van der Waals surface area contributed by atoms with Crippen molar-refractivity contribution in [1.82, 2.24) is 20.6 Å². The molecule has 1 unspecified atom stereocenters. The van der Waals surface area contributed by atoms with E-state index in [1.165, 1.54) is 11.3 Å². The van der Waals surface area contributed by atoms with E-state index in [4.69, 9.17) is 0 Å². The van der Waals surface area contributed by atoms with Gasteiger partial charge < -0.3 is 16.0 Å². The van der Waals surface area contributed by atoms with Crippen LogP contribution in [0.4, 0.5) is 5.13 Å². The van der Waals surface area contributed by atoms with Crippen LogP contribution in [-0.2, 0) is 27.3 Å². The number of anilines is 1. The van der Waals surface area contributed by atoms with Crippen LogP contribution in [0.3, 0.4) is 0 Å². The Kier molecular flexibility index (Phi) is 5.34. The molecule has 9 heteroatoms. The Labute approximate surface area is 148 Å². The Bertz CT molecular complexity index is 777. The molecule has 2 aromatic rings. The van der Waals surface area contributed by atoms with Gasteiger partial charge >= 0.3 is 0 Å². The van der Waals surface area contributed by atoms with Crippen molar-refractivity contribution in [1.29, 1.82) is 0 Å². The van der Waals surface area contributed by atoms with Crippen LogP contribution >= 0.6 is 11.3 Å². The number of carbonyl (C=O) groups excluding carboxylic acids is 3. The molecule has 3 rings (SSSR count). The lowest BCUT2D eigenvalue weighted by Gasteiger charge is -2.08. The average molecular weight is 359 g/mol. The molecular formula is C16H17N5O3S. The van der Waals surface area contributed by atoms with E-state index in [9.17, 15) is 14.4 Å². The summed E-state index contributed by atoms with van der Waals surface area (Å²) in [5.74, 6) is -0.562. The first-order chi connectivity index (χ1) is 12.1. The first kappa shape index (κ1) is 17.0. The van der Waals surface area contributed by atoms with E-state index < -0.39 is 6.04 Å². The second-order valence-corrected chi connectivity index (χ2v) is 6.46. The molecule has 8 nitrogen and oxygen atoms in total. The molecule has 1 atom stereocenters. The molecule has 0 spiro atoms. The fourth-order valence-electron chi connectivity index (χ4n) is 2.38. The van der Waals surface area contributed by atoms with Crippen molar-refractivity contribution in [2.45, 2.75) is 31.8 Å². The number of thiazole rings is 1. The number of hydrogen-bond acceptors (Lipinski definition) is 6. The van der Waals surface area contributed by atoms with E-state index in [2.05, 4.69) is 25.9 Å². The summed E-state index contributed by atoms with van der Waals surface area (Å²) in [6, 6.07) is 3.18. The fourth-order valence-corrected chi connectivity index (χ4v) is 3.09. The van der Waals surface area contributed by atoms with E-state index in [1.54, 1.807) is 17.8 Å². The highest BCUT2D eigenvalue weighted by Crippen LogP contribution is 2.17. The molecule has 0 saturated carbocycles. The third kappa shape index (κ3) is 4.83. The molecule has 130 valence electrons. The van der Waals surface area contributed by atoms with Crippen molar-refractivity contribution in [2.24, 2.45) is 0 Å². The summed E-state index contributed by atoms with van der Waals surface area (Å²) >= 11 is 1.25. The van der Waals surface area contributed by atoms with Gasteiger partial charge in [0.05, 0.1) is 12.1 Å². The average Bonchev–Trinajstić information content (AvgIpc) is 3.23. The zero-order valence-corrected chi connectivity index (χ0v) is 14.1. The van der Waals surface area contributed by atoms with Crippen molar-refractivity contribution >= 4 is 34.2 Å². The van der Waals surface area contributed by atoms with Crippen LogP contribution in [0, 0.1) is 0 Å². The molecule has 0 bridgehead atoms. The minimum atomic E-state index is -0.511. The van der Waals surface area contributed by atoms with Gasteiger partial charge in [0.2, 0.25) is 17.7 Å². The van der Waals surface area contributed by atoms with Gasteiger partial charge in [0.1, 0.15) is 6.04 Å². The molecule has 2 aromatic heterocycles. The van der Waals surface area contributed by atoms with Crippen LogP contribution < -0.4 is 16.0 Å². The maximum Gasteiger partial charge on any atom is 0.248 e. The summed E-state index contributed by atoms with van der Waals surface area (Å²) in [7, 11) is 0. The second kappa shape index (κ2) is 7.84. The third-order valence-electron chi connectivity index (χ3n) is 3.65. The van der Waals surface area contributed by atoms with Crippen LogP contribution in [0.15, 0.2) is 29.9 Å². The topological polar surface area (TPSA) is 113 Å². The molecule has 1 fully saturated rings. The molecule has 1 aliphatic rings. The standard InChI is InChI=1S/C16H17N5O3S/c22-13-4-3-12(20-13)15(24)21-16-19-11(9-25-16)6-14(23)18-8-10-2-1-5-17-7-10/h1-2,5,7,9,12H,3-4,6,8H2,(H,18,23)(H,20,22)(H,19,21,24). The smallest absolute Gasteiger partial charge is 0.248 e. The van der Waals surface area contributed by atoms with Gasteiger partial charge in [-0.2, -0.15) is 0 Å². The van der Waals surface area contributed by atoms with Gasteiger partial charge in [-0.3, -0.25) is 19.4 Å². The fraction of sp³-hybridized carbons (Fsp3) is 0.312. The van der Waals surface area contributed by atoms with Gasteiger partial charge in [-0.05, 0) is 18.1 Å². The maximum atomic E-state index is 12.0. The van der Waals surface area contributed by atoms with Crippen LogP contribution in [0.2, 0.25) is 0 Å². The van der Waals surface area contributed by atoms with Gasteiger partial charge in [-0.15, -0.1) is 11.3 Å². The molecule has 1 aliphatic heterocycles. The minimum Gasteiger partial charge on any atom is -0.352 e. The van der Waals surface area contributed by atoms with Gasteiger partial charge in [0, 0.05) is 30.7 Å². The number of pyridine rings is 1. The summed E-state index contributed by atoms with van der Waals surface area (Å²) in [6.07, 6.45) is 4.34. The van der Waals surface area contributed by atoms with Crippen molar-refractivity contribution in [3.63, 3.8) is 0 Å². The highest BCUT2D eigenvalue weighted by Gasteiger charge is 2.27. The molecule has 0 aliphatic carbocycles. The second-order valence-electron chi connectivity index (χ2n) is 5.61. The van der Waals surface area contributed by atoms with Crippen molar-refractivity contribution in [3.8, 4) is 0 Å². The molecule has 0 radical (unpaired) electrons. The van der Waals surface area contributed by atoms with E-state index >= 15 is 0 Å². The molecular weight excluding hydrogens is 342 g/mol.